The Balaban J connectivity index is 2.13. The third-order valence-corrected chi connectivity index (χ3v) is 3.16. The molecule has 2 aromatic heterocycles. The lowest BCUT2D eigenvalue weighted by Gasteiger charge is -2.08. The molecule has 0 aromatic carbocycles. The van der Waals surface area contributed by atoms with Crippen LogP contribution in [0.4, 0.5) is 0 Å². The van der Waals surface area contributed by atoms with E-state index in [0.29, 0.717) is 11.8 Å². The predicted molar refractivity (Wildman–Crippen MR) is 68.7 cm³/mol. The Bertz CT molecular complexity index is 506. The molecule has 98 valence electrons. The summed E-state index contributed by atoms with van der Waals surface area (Å²) in [7, 11) is 0. The molecule has 4 nitrogen and oxygen atoms in total. The van der Waals surface area contributed by atoms with Gasteiger partial charge in [0, 0.05) is 11.5 Å². The Morgan fingerprint density at radius 3 is 2.44 bits per heavy atom. The molecule has 2 heterocycles. The molecule has 2 aromatic rings. The van der Waals surface area contributed by atoms with Crippen molar-refractivity contribution in [3.05, 3.63) is 34.9 Å². The van der Waals surface area contributed by atoms with Crippen molar-refractivity contribution in [2.24, 2.45) is 0 Å². The lowest BCUT2D eigenvalue weighted by Crippen LogP contribution is -2.01. The van der Waals surface area contributed by atoms with Crippen LogP contribution in [-0.2, 0) is 6.42 Å². The molecule has 0 amide bonds. The molecule has 0 fully saturated rings. The number of hydrogen-bond acceptors (Lipinski definition) is 4. The summed E-state index contributed by atoms with van der Waals surface area (Å²) < 4.78 is 10.7. The van der Waals surface area contributed by atoms with Gasteiger partial charge >= 0.3 is 0 Å². The van der Waals surface area contributed by atoms with Crippen molar-refractivity contribution < 1.29 is 8.94 Å². The molecule has 0 saturated heterocycles. The van der Waals surface area contributed by atoms with Crippen molar-refractivity contribution in [3.63, 3.8) is 0 Å². The summed E-state index contributed by atoms with van der Waals surface area (Å²) in [6.07, 6.45) is 2.60. The van der Waals surface area contributed by atoms with E-state index in [1.54, 1.807) is 6.26 Å². The maximum absolute atomic E-state index is 5.45. The fourth-order valence-corrected chi connectivity index (χ4v) is 2.29. The van der Waals surface area contributed by atoms with E-state index < -0.39 is 0 Å². The van der Waals surface area contributed by atoms with Crippen molar-refractivity contribution in [2.75, 3.05) is 0 Å². The van der Waals surface area contributed by atoms with Crippen LogP contribution in [-0.4, -0.2) is 10.1 Å². The smallest absolute Gasteiger partial charge is 0.196 e. The minimum absolute atomic E-state index is 0.327. The second kappa shape index (κ2) is 4.96. The predicted octanol–water partition coefficient (Wildman–Crippen LogP) is 3.75. The van der Waals surface area contributed by atoms with Gasteiger partial charge in [0.05, 0.1) is 11.4 Å². The first kappa shape index (κ1) is 12.9. The normalized spacial score (nSPS) is 13.2. The van der Waals surface area contributed by atoms with Crippen molar-refractivity contribution in [2.45, 2.75) is 52.9 Å². The molecule has 18 heavy (non-hydrogen) atoms. The molecule has 4 heteroatoms. The molecule has 0 bridgehead atoms. The first-order chi connectivity index (χ1) is 8.49. The van der Waals surface area contributed by atoms with Crippen LogP contribution in [0.2, 0.25) is 0 Å². The lowest BCUT2D eigenvalue weighted by molar-refractivity contribution is 0.391. The molecular formula is C14H20N2O2. The highest BCUT2D eigenvalue weighted by Crippen LogP contribution is 2.26. The van der Waals surface area contributed by atoms with Gasteiger partial charge in [-0.3, -0.25) is 0 Å². The fourth-order valence-electron chi connectivity index (χ4n) is 2.29. The van der Waals surface area contributed by atoms with Gasteiger partial charge in [0.25, 0.3) is 0 Å². The van der Waals surface area contributed by atoms with Gasteiger partial charge in [-0.05, 0) is 26.2 Å². The summed E-state index contributed by atoms with van der Waals surface area (Å²) in [5, 5.41) is 3.99. The third-order valence-electron chi connectivity index (χ3n) is 3.16. The van der Waals surface area contributed by atoms with E-state index in [1.165, 1.54) is 5.56 Å². The summed E-state index contributed by atoms with van der Waals surface area (Å²) in [6.45, 7) is 10.2. The van der Waals surface area contributed by atoms with Gasteiger partial charge in [-0.25, -0.2) is 4.98 Å². The van der Waals surface area contributed by atoms with E-state index in [1.807, 2.05) is 13.8 Å². The van der Waals surface area contributed by atoms with E-state index in [-0.39, 0.29) is 0 Å². The van der Waals surface area contributed by atoms with E-state index in [0.717, 1.165) is 29.5 Å². The van der Waals surface area contributed by atoms with Gasteiger partial charge in [-0.15, -0.1) is 0 Å². The molecule has 0 radical (unpaired) electrons. The van der Waals surface area contributed by atoms with Crippen LogP contribution >= 0.6 is 0 Å². The Morgan fingerprint density at radius 1 is 1.22 bits per heavy atom. The van der Waals surface area contributed by atoms with E-state index >= 15 is 0 Å². The highest BCUT2D eigenvalue weighted by molar-refractivity contribution is 5.26. The number of aromatic nitrogens is 2. The van der Waals surface area contributed by atoms with Crippen molar-refractivity contribution in [1.82, 2.24) is 10.1 Å². The van der Waals surface area contributed by atoms with Crippen LogP contribution in [0.5, 0.6) is 0 Å². The molecule has 1 atom stereocenters. The summed E-state index contributed by atoms with van der Waals surface area (Å²) >= 11 is 0. The second-order valence-corrected chi connectivity index (χ2v) is 5.17. The Labute approximate surface area is 107 Å². The maximum Gasteiger partial charge on any atom is 0.196 e. The zero-order chi connectivity index (χ0) is 13.3. The summed E-state index contributed by atoms with van der Waals surface area (Å²) in [5.41, 5.74) is 3.14. The zero-order valence-corrected chi connectivity index (χ0v) is 11.7. The number of rotatable bonds is 4. The van der Waals surface area contributed by atoms with Gasteiger partial charge in [0.15, 0.2) is 5.89 Å². The van der Waals surface area contributed by atoms with E-state index in [9.17, 15) is 0 Å². The van der Waals surface area contributed by atoms with Gasteiger partial charge in [-0.1, -0.05) is 25.9 Å². The molecule has 0 saturated carbocycles. The molecule has 0 spiro atoms. The van der Waals surface area contributed by atoms with Crippen LogP contribution in [0.25, 0.3) is 0 Å². The molecule has 0 aliphatic carbocycles. The standard InChI is InChI=1S/C14H20N2O2/c1-8(2)14-15-12(7-17-14)6-9(3)13-10(4)16-18-11(13)5/h7-9H,6H2,1-5H3. The number of nitrogens with zero attached hydrogens (tertiary/aromatic N) is 2. The van der Waals surface area contributed by atoms with Gasteiger partial charge in [-0.2, -0.15) is 0 Å². The van der Waals surface area contributed by atoms with E-state index in [2.05, 4.69) is 30.9 Å². The highest BCUT2D eigenvalue weighted by Gasteiger charge is 2.18. The maximum atomic E-state index is 5.45. The van der Waals surface area contributed by atoms with Crippen LogP contribution in [0, 0.1) is 13.8 Å². The van der Waals surface area contributed by atoms with E-state index in [4.69, 9.17) is 8.94 Å². The monoisotopic (exact) mass is 248 g/mol. The zero-order valence-electron chi connectivity index (χ0n) is 11.7. The number of aryl methyl sites for hydroxylation is 2. The quantitative estimate of drug-likeness (QED) is 0.826. The topological polar surface area (TPSA) is 52.1 Å². The molecule has 1 unspecified atom stereocenters. The van der Waals surface area contributed by atoms with Crippen LogP contribution in [0.15, 0.2) is 15.2 Å². The summed E-state index contributed by atoms with van der Waals surface area (Å²) in [4.78, 5) is 4.50. The highest BCUT2D eigenvalue weighted by atomic mass is 16.5. The molecule has 2 rings (SSSR count). The lowest BCUT2D eigenvalue weighted by atomic mass is 9.95. The first-order valence-electron chi connectivity index (χ1n) is 6.36. The molecule has 0 N–H and O–H groups in total. The number of oxazole rings is 1. The SMILES string of the molecule is Cc1noc(C)c1C(C)Cc1coc(C(C)C)n1. The minimum atomic E-state index is 0.327. The summed E-state index contributed by atoms with van der Waals surface area (Å²) in [6, 6.07) is 0. The minimum Gasteiger partial charge on any atom is -0.448 e. The average molecular weight is 248 g/mol. The van der Waals surface area contributed by atoms with Crippen molar-refractivity contribution in [3.8, 4) is 0 Å². The Morgan fingerprint density at radius 2 is 1.94 bits per heavy atom. The van der Waals surface area contributed by atoms with Crippen LogP contribution in [0.1, 0.15) is 61.2 Å². The first-order valence-corrected chi connectivity index (χ1v) is 6.36. The van der Waals surface area contributed by atoms with Crippen LogP contribution < -0.4 is 0 Å². The second-order valence-electron chi connectivity index (χ2n) is 5.17. The average Bonchev–Trinajstić information content (AvgIpc) is 2.86. The fraction of sp³-hybridized carbons (Fsp3) is 0.571. The third kappa shape index (κ3) is 2.47. The molecule has 0 aliphatic heterocycles. The van der Waals surface area contributed by atoms with Crippen LogP contribution in [0.3, 0.4) is 0 Å². The Hall–Kier alpha value is -1.58. The largest absolute Gasteiger partial charge is 0.448 e. The van der Waals surface area contributed by atoms with Crippen molar-refractivity contribution in [1.29, 1.82) is 0 Å². The Kier molecular flexibility index (Phi) is 3.55. The number of hydrogen-bond donors (Lipinski definition) is 0. The van der Waals surface area contributed by atoms with Crippen molar-refractivity contribution >= 4 is 0 Å². The van der Waals surface area contributed by atoms with Gasteiger partial charge in [0.2, 0.25) is 0 Å². The summed E-state index contributed by atoms with van der Waals surface area (Å²) in [5.74, 6) is 2.36. The van der Waals surface area contributed by atoms with Gasteiger partial charge in [0.1, 0.15) is 12.0 Å². The molecular weight excluding hydrogens is 228 g/mol. The molecule has 0 aliphatic rings. The van der Waals surface area contributed by atoms with Gasteiger partial charge < -0.3 is 8.94 Å².